The van der Waals surface area contributed by atoms with Gasteiger partial charge in [0.2, 0.25) is 0 Å². The fourth-order valence-corrected chi connectivity index (χ4v) is 3.10. The summed E-state index contributed by atoms with van der Waals surface area (Å²) >= 11 is 1.59. The van der Waals surface area contributed by atoms with Gasteiger partial charge in [0.1, 0.15) is 0 Å². The van der Waals surface area contributed by atoms with Gasteiger partial charge < -0.3 is 5.32 Å². The van der Waals surface area contributed by atoms with E-state index in [1.807, 2.05) is 58.2 Å². The number of benzene rings is 1. The molecule has 0 bridgehead atoms. The van der Waals surface area contributed by atoms with Crippen LogP contribution in [0.5, 0.6) is 0 Å². The first kappa shape index (κ1) is 17.3. The van der Waals surface area contributed by atoms with Gasteiger partial charge in [-0.25, -0.2) is 4.98 Å². The molecular weight excluding hydrogens is 334 g/mol. The molecule has 0 aliphatic heterocycles. The fraction of sp³-hybridized carbons (Fsp3) is 0.278. The first-order chi connectivity index (χ1) is 12.2. The van der Waals surface area contributed by atoms with E-state index in [9.17, 15) is 4.79 Å². The van der Waals surface area contributed by atoms with Crippen LogP contribution in [0.1, 0.15) is 17.3 Å². The van der Waals surface area contributed by atoms with Gasteiger partial charge >= 0.3 is 0 Å². The minimum Gasteiger partial charge on any atom is -0.352 e. The molecule has 130 valence electrons. The van der Waals surface area contributed by atoms with Crippen LogP contribution >= 0.6 is 11.8 Å². The van der Waals surface area contributed by atoms with Gasteiger partial charge in [0.15, 0.2) is 5.16 Å². The molecule has 0 radical (unpaired) electrons. The van der Waals surface area contributed by atoms with Crippen molar-refractivity contribution in [3.63, 3.8) is 0 Å². The summed E-state index contributed by atoms with van der Waals surface area (Å²) in [6.07, 6.45) is 9.36. The van der Waals surface area contributed by atoms with E-state index in [1.54, 1.807) is 24.2 Å². The molecule has 0 fully saturated rings. The van der Waals surface area contributed by atoms with Gasteiger partial charge in [0.25, 0.3) is 5.91 Å². The second-order valence-electron chi connectivity index (χ2n) is 5.87. The molecule has 0 aliphatic carbocycles. The van der Waals surface area contributed by atoms with Gasteiger partial charge in [-0.15, -0.1) is 0 Å². The van der Waals surface area contributed by atoms with Crippen molar-refractivity contribution in [1.29, 1.82) is 0 Å². The molecule has 0 spiro atoms. The highest BCUT2D eigenvalue weighted by Crippen LogP contribution is 2.18. The Bertz CT molecular complexity index is 810. The average Bonchev–Trinajstić information content (AvgIpc) is 3.31. The van der Waals surface area contributed by atoms with Crippen LogP contribution in [0.2, 0.25) is 0 Å². The van der Waals surface area contributed by atoms with E-state index in [0.717, 1.165) is 17.4 Å². The summed E-state index contributed by atoms with van der Waals surface area (Å²) in [4.78, 5) is 16.6. The Morgan fingerprint density at radius 2 is 2.04 bits per heavy atom. The Hall–Kier alpha value is -2.54. The van der Waals surface area contributed by atoms with Crippen LogP contribution in [0, 0.1) is 5.92 Å². The Labute approximate surface area is 151 Å². The highest BCUT2D eigenvalue weighted by atomic mass is 32.2. The van der Waals surface area contributed by atoms with Crippen molar-refractivity contribution in [2.24, 2.45) is 5.92 Å². The topological polar surface area (TPSA) is 64.7 Å². The van der Waals surface area contributed by atoms with E-state index in [-0.39, 0.29) is 5.91 Å². The maximum Gasteiger partial charge on any atom is 0.251 e. The molecule has 1 atom stereocenters. The molecule has 3 rings (SSSR count). The standard InChI is InChI=1S/C18H21N5OS/c1-14(13-22-10-3-8-21-22)12-20-17(24)15-4-6-16(7-5-15)23-11-9-19-18(23)25-2/h3-11,14H,12-13H2,1-2H3,(H,20,24). The Morgan fingerprint density at radius 3 is 2.72 bits per heavy atom. The van der Waals surface area contributed by atoms with Gasteiger partial charge in [0.05, 0.1) is 0 Å². The highest BCUT2D eigenvalue weighted by Gasteiger charge is 2.10. The summed E-state index contributed by atoms with van der Waals surface area (Å²) in [5.74, 6) is 0.243. The van der Waals surface area contributed by atoms with Crippen LogP contribution in [0.15, 0.2) is 60.3 Å². The number of nitrogens with zero attached hydrogens (tertiary/aromatic N) is 4. The predicted octanol–water partition coefficient (Wildman–Crippen LogP) is 2.86. The van der Waals surface area contributed by atoms with Crippen LogP contribution < -0.4 is 5.32 Å². The molecule has 1 N–H and O–H groups in total. The molecule has 7 heteroatoms. The zero-order valence-electron chi connectivity index (χ0n) is 14.3. The predicted molar refractivity (Wildman–Crippen MR) is 99.1 cm³/mol. The molecule has 0 aliphatic rings. The molecule has 1 unspecified atom stereocenters. The SMILES string of the molecule is CSc1nccn1-c1ccc(C(=O)NCC(C)Cn2cccn2)cc1. The van der Waals surface area contributed by atoms with E-state index in [4.69, 9.17) is 0 Å². The minimum absolute atomic E-state index is 0.0606. The first-order valence-corrected chi connectivity index (χ1v) is 9.33. The summed E-state index contributed by atoms with van der Waals surface area (Å²) in [5.41, 5.74) is 1.64. The summed E-state index contributed by atoms with van der Waals surface area (Å²) < 4.78 is 3.87. The number of aromatic nitrogens is 4. The van der Waals surface area contributed by atoms with Gasteiger partial charge in [-0.3, -0.25) is 14.0 Å². The maximum absolute atomic E-state index is 12.3. The number of nitrogens with one attached hydrogen (secondary N) is 1. The summed E-state index contributed by atoms with van der Waals surface area (Å²) in [7, 11) is 0. The maximum atomic E-state index is 12.3. The molecule has 0 saturated carbocycles. The van der Waals surface area contributed by atoms with Crippen molar-refractivity contribution in [3.05, 3.63) is 60.7 Å². The Kier molecular flexibility index (Phi) is 5.55. The van der Waals surface area contributed by atoms with Gasteiger partial charge in [-0.1, -0.05) is 18.7 Å². The second kappa shape index (κ2) is 8.02. The number of thioether (sulfide) groups is 1. The third-order valence-corrected chi connectivity index (χ3v) is 4.53. The Balaban J connectivity index is 1.57. The van der Waals surface area contributed by atoms with Crippen molar-refractivity contribution in [2.45, 2.75) is 18.6 Å². The number of hydrogen-bond donors (Lipinski definition) is 1. The van der Waals surface area contributed by atoms with E-state index >= 15 is 0 Å². The van der Waals surface area contributed by atoms with Crippen molar-refractivity contribution < 1.29 is 4.79 Å². The molecular formula is C18H21N5OS. The summed E-state index contributed by atoms with van der Waals surface area (Å²) in [6, 6.07) is 9.45. The second-order valence-corrected chi connectivity index (χ2v) is 6.65. The van der Waals surface area contributed by atoms with Crippen molar-refractivity contribution in [1.82, 2.24) is 24.6 Å². The molecule has 25 heavy (non-hydrogen) atoms. The number of carbonyl (C=O) groups excluding carboxylic acids is 1. The lowest BCUT2D eigenvalue weighted by Crippen LogP contribution is -2.30. The molecule has 0 saturated heterocycles. The van der Waals surface area contributed by atoms with E-state index in [2.05, 4.69) is 22.3 Å². The first-order valence-electron chi connectivity index (χ1n) is 8.11. The van der Waals surface area contributed by atoms with Crippen LogP contribution in [-0.4, -0.2) is 38.0 Å². The lowest BCUT2D eigenvalue weighted by molar-refractivity contribution is 0.0946. The lowest BCUT2D eigenvalue weighted by atomic mass is 10.1. The van der Waals surface area contributed by atoms with E-state index < -0.39 is 0 Å². The van der Waals surface area contributed by atoms with E-state index in [1.165, 1.54) is 0 Å². The number of rotatable bonds is 7. The monoisotopic (exact) mass is 355 g/mol. The third kappa shape index (κ3) is 4.30. The van der Waals surface area contributed by atoms with Crippen LogP contribution in [0.3, 0.4) is 0 Å². The molecule has 6 nitrogen and oxygen atoms in total. The normalized spacial score (nSPS) is 12.1. The molecule has 2 heterocycles. The zero-order chi connectivity index (χ0) is 17.6. The molecule has 1 aromatic carbocycles. The quantitative estimate of drug-likeness (QED) is 0.662. The lowest BCUT2D eigenvalue weighted by Gasteiger charge is -2.13. The van der Waals surface area contributed by atoms with Gasteiger partial charge in [0, 0.05) is 49.1 Å². The number of imidazole rings is 1. The fourth-order valence-electron chi connectivity index (χ4n) is 2.57. The third-order valence-electron chi connectivity index (χ3n) is 3.87. The van der Waals surface area contributed by atoms with Crippen LogP contribution in [0.25, 0.3) is 5.69 Å². The number of carbonyl (C=O) groups is 1. The van der Waals surface area contributed by atoms with Crippen molar-refractivity contribution in [2.75, 3.05) is 12.8 Å². The smallest absolute Gasteiger partial charge is 0.251 e. The Morgan fingerprint density at radius 1 is 1.24 bits per heavy atom. The summed E-state index contributed by atoms with van der Waals surface area (Å²) in [6.45, 7) is 3.48. The highest BCUT2D eigenvalue weighted by molar-refractivity contribution is 7.98. The van der Waals surface area contributed by atoms with E-state index in [0.29, 0.717) is 18.0 Å². The zero-order valence-corrected chi connectivity index (χ0v) is 15.1. The number of hydrogen-bond acceptors (Lipinski definition) is 4. The van der Waals surface area contributed by atoms with Crippen molar-refractivity contribution >= 4 is 17.7 Å². The summed E-state index contributed by atoms with van der Waals surface area (Å²) in [5, 5.41) is 8.09. The van der Waals surface area contributed by atoms with Crippen LogP contribution in [0.4, 0.5) is 0 Å². The minimum atomic E-state index is -0.0606. The van der Waals surface area contributed by atoms with Gasteiger partial charge in [-0.2, -0.15) is 5.10 Å². The van der Waals surface area contributed by atoms with Crippen LogP contribution in [-0.2, 0) is 6.54 Å². The average molecular weight is 355 g/mol. The molecule has 1 amide bonds. The molecule has 2 aromatic heterocycles. The largest absolute Gasteiger partial charge is 0.352 e. The van der Waals surface area contributed by atoms with Crippen molar-refractivity contribution in [3.8, 4) is 5.69 Å². The van der Waals surface area contributed by atoms with Gasteiger partial charge in [-0.05, 0) is 42.5 Å². The number of amides is 1. The molecule has 3 aromatic rings.